The number of ketones is 2. The summed E-state index contributed by atoms with van der Waals surface area (Å²) >= 11 is 0. The van der Waals surface area contributed by atoms with Crippen LogP contribution in [0.3, 0.4) is 0 Å². The molecule has 0 bridgehead atoms. The number of piperidine rings is 1. The second-order valence-corrected chi connectivity index (χ2v) is 12.1. The molecule has 4 aromatic rings. The van der Waals surface area contributed by atoms with Crippen molar-refractivity contribution in [3.05, 3.63) is 77.0 Å². The highest BCUT2D eigenvalue weighted by Gasteiger charge is 2.64. The first-order valence-corrected chi connectivity index (χ1v) is 14.2. The molecule has 1 aliphatic heterocycles. The molecule has 1 aliphatic carbocycles. The summed E-state index contributed by atoms with van der Waals surface area (Å²) in [5, 5.41) is 5.32. The fourth-order valence-corrected chi connectivity index (χ4v) is 6.53. The summed E-state index contributed by atoms with van der Waals surface area (Å²) in [4.78, 5) is 50.4. The number of Topliss-reactive ketones (excluding diaryl/α,β-unsaturated/α-hetero) is 2. The lowest BCUT2D eigenvalue weighted by atomic mass is 9.95. The fraction of sp³-hybridized carbons (Fsp3) is 0.394. The van der Waals surface area contributed by atoms with Gasteiger partial charge in [-0.25, -0.2) is 9.97 Å². The standard InChI is InChI=1S/C33H35N5O3/c1-19-7-6-8-23(11-19)9-10-28(40)27-14-33(5)15-29(33)38(27)30(41)18-37-32-20(2)12-24(25-16-34-22(4)35-17-25)13-26(32)31(36-37)21(3)39/h6-8,11-13,16-17,27,29H,9-10,14-15,18H2,1-5H3/t27-,29+,33-/m0/s1. The number of carbonyl (C=O) groups excluding carboxylic acids is 3. The van der Waals surface area contributed by atoms with Crippen molar-refractivity contribution < 1.29 is 14.4 Å². The summed E-state index contributed by atoms with van der Waals surface area (Å²) in [5.41, 5.74) is 6.01. The number of nitrogens with zero attached hydrogens (tertiary/aromatic N) is 5. The number of rotatable bonds is 8. The highest BCUT2D eigenvalue weighted by atomic mass is 16.2. The quantitative estimate of drug-likeness (QED) is 0.280. The molecule has 1 saturated heterocycles. The molecule has 3 heterocycles. The summed E-state index contributed by atoms with van der Waals surface area (Å²) in [5.74, 6) is 0.505. The summed E-state index contributed by atoms with van der Waals surface area (Å²) in [6, 6.07) is 11.8. The van der Waals surface area contributed by atoms with E-state index in [9.17, 15) is 14.4 Å². The van der Waals surface area contributed by atoms with Crippen LogP contribution in [0.15, 0.2) is 48.8 Å². The van der Waals surface area contributed by atoms with Gasteiger partial charge in [0.15, 0.2) is 11.6 Å². The zero-order valence-electron chi connectivity index (χ0n) is 24.3. The van der Waals surface area contributed by atoms with Gasteiger partial charge in [0.1, 0.15) is 18.1 Å². The fourth-order valence-electron chi connectivity index (χ4n) is 6.53. The molecular formula is C33H35N5O3. The van der Waals surface area contributed by atoms with E-state index in [0.717, 1.165) is 34.2 Å². The van der Waals surface area contributed by atoms with Crippen molar-refractivity contribution in [2.45, 2.75) is 78.9 Å². The highest BCUT2D eigenvalue weighted by molar-refractivity contribution is 6.07. The minimum absolute atomic E-state index is 0.00300. The van der Waals surface area contributed by atoms with Crippen LogP contribution in [0.2, 0.25) is 0 Å². The van der Waals surface area contributed by atoms with Gasteiger partial charge < -0.3 is 4.90 Å². The molecule has 0 unspecified atom stereocenters. The lowest BCUT2D eigenvalue weighted by molar-refractivity contribution is -0.139. The number of likely N-dealkylation sites (tertiary alicyclic amines) is 1. The molecule has 1 saturated carbocycles. The van der Waals surface area contributed by atoms with E-state index in [0.29, 0.717) is 36.2 Å². The molecular weight excluding hydrogens is 514 g/mol. The Morgan fingerprint density at radius 3 is 2.46 bits per heavy atom. The van der Waals surface area contributed by atoms with Gasteiger partial charge in [-0.2, -0.15) is 5.10 Å². The zero-order chi connectivity index (χ0) is 29.1. The second-order valence-electron chi connectivity index (χ2n) is 12.1. The molecule has 3 atom stereocenters. The van der Waals surface area contributed by atoms with Crippen LogP contribution in [0.4, 0.5) is 0 Å². The Labute approximate surface area is 239 Å². The van der Waals surface area contributed by atoms with Crippen LogP contribution in [-0.4, -0.2) is 54.2 Å². The predicted octanol–water partition coefficient (Wildman–Crippen LogP) is 5.20. The van der Waals surface area contributed by atoms with Crippen molar-refractivity contribution in [2.75, 3.05) is 0 Å². The molecule has 2 aliphatic rings. The highest BCUT2D eigenvalue weighted by Crippen LogP contribution is 2.59. The van der Waals surface area contributed by atoms with Crippen LogP contribution in [0, 0.1) is 26.2 Å². The first kappa shape index (κ1) is 27.0. The van der Waals surface area contributed by atoms with Crippen molar-refractivity contribution in [3.8, 4) is 11.1 Å². The number of aromatic nitrogens is 4. The smallest absolute Gasteiger partial charge is 0.245 e. The molecule has 2 fully saturated rings. The minimum atomic E-state index is -0.417. The maximum Gasteiger partial charge on any atom is 0.245 e. The Kier molecular flexibility index (Phi) is 6.59. The second kappa shape index (κ2) is 10.0. The minimum Gasteiger partial charge on any atom is -0.327 e. The van der Waals surface area contributed by atoms with Crippen LogP contribution < -0.4 is 0 Å². The molecule has 210 valence electrons. The van der Waals surface area contributed by atoms with Gasteiger partial charge in [-0.1, -0.05) is 36.8 Å². The molecule has 8 heteroatoms. The van der Waals surface area contributed by atoms with Gasteiger partial charge in [-0.3, -0.25) is 19.1 Å². The van der Waals surface area contributed by atoms with Crippen LogP contribution in [0.5, 0.6) is 0 Å². The number of benzene rings is 2. The zero-order valence-corrected chi connectivity index (χ0v) is 24.3. The van der Waals surface area contributed by atoms with Crippen molar-refractivity contribution in [3.63, 3.8) is 0 Å². The van der Waals surface area contributed by atoms with E-state index in [2.05, 4.69) is 28.1 Å². The number of carbonyl (C=O) groups is 3. The van der Waals surface area contributed by atoms with Crippen LogP contribution >= 0.6 is 0 Å². The molecule has 2 aromatic carbocycles. The normalized spacial score (nSPS) is 21.2. The Morgan fingerprint density at radius 2 is 1.76 bits per heavy atom. The van der Waals surface area contributed by atoms with Crippen LogP contribution in [0.25, 0.3) is 22.0 Å². The van der Waals surface area contributed by atoms with Gasteiger partial charge in [0.2, 0.25) is 5.91 Å². The first-order chi connectivity index (χ1) is 19.5. The number of hydrogen-bond acceptors (Lipinski definition) is 6. The van der Waals surface area contributed by atoms with Gasteiger partial charge in [-0.05, 0) is 74.3 Å². The summed E-state index contributed by atoms with van der Waals surface area (Å²) in [6.45, 7) is 9.48. The molecule has 8 nitrogen and oxygen atoms in total. The van der Waals surface area contributed by atoms with E-state index in [1.807, 2.05) is 56.0 Å². The third-order valence-corrected chi connectivity index (χ3v) is 8.80. The van der Waals surface area contributed by atoms with Crippen molar-refractivity contribution in [1.82, 2.24) is 24.6 Å². The Hall–Kier alpha value is -4.20. The molecule has 2 aromatic heterocycles. The first-order valence-electron chi connectivity index (χ1n) is 14.2. The molecule has 1 amide bonds. The van der Waals surface area contributed by atoms with Gasteiger partial charge in [-0.15, -0.1) is 0 Å². The molecule has 0 spiro atoms. The largest absolute Gasteiger partial charge is 0.327 e. The van der Waals surface area contributed by atoms with Crippen molar-refractivity contribution in [2.24, 2.45) is 5.41 Å². The number of aryl methyl sites for hydroxylation is 4. The van der Waals surface area contributed by atoms with E-state index in [4.69, 9.17) is 0 Å². The molecule has 0 radical (unpaired) electrons. The average molecular weight is 550 g/mol. The Bertz CT molecular complexity index is 1710. The number of amides is 1. The summed E-state index contributed by atoms with van der Waals surface area (Å²) < 4.78 is 1.64. The monoisotopic (exact) mass is 549 g/mol. The summed E-state index contributed by atoms with van der Waals surface area (Å²) in [7, 11) is 0. The molecule has 0 N–H and O–H groups in total. The lowest BCUT2D eigenvalue weighted by Crippen LogP contribution is -2.44. The SMILES string of the molecule is CC(=O)c1nn(CC(=O)N2[C@H](C(=O)CCc3cccc(C)c3)C[C@@]3(C)C[C@@H]23)c2c(C)cc(-c3cnc(C)nc3)cc12. The van der Waals surface area contributed by atoms with E-state index in [1.54, 1.807) is 17.1 Å². The Balaban J connectivity index is 1.28. The van der Waals surface area contributed by atoms with Gasteiger partial charge in [0.05, 0.1) is 11.6 Å². The lowest BCUT2D eigenvalue weighted by Gasteiger charge is -2.27. The number of fused-ring (bicyclic) bond motifs is 2. The Morgan fingerprint density at radius 1 is 1.00 bits per heavy atom. The van der Waals surface area contributed by atoms with Gasteiger partial charge >= 0.3 is 0 Å². The third-order valence-electron chi connectivity index (χ3n) is 8.80. The third kappa shape index (κ3) is 4.96. The van der Waals surface area contributed by atoms with E-state index < -0.39 is 6.04 Å². The van der Waals surface area contributed by atoms with Crippen LogP contribution in [0.1, 0.15) is 66.1 Å². The average Bonchev–Trinajstić information content (AvgIpc) is 3.28. The van der Waals surface area contributed by atoms with Crippen molar-refractivity contribution >= 4 is 28.4 Å². The maximum absolute atomic E-state index is 13.9. The summed E-state index contributed by atoms with van der Waals surface area (Å²) in [6.07, 6.45) is 6.22. The van der Waals surface area contributed by atoms with E-state index >= 15 is 0 Å². The maximum atomic E-state index is 13.9. The van der Waals surface area contributed by atoms with Gasteiger partial charge in [0.25, 0.3) is 0 Å². The topological polar surface area (TPSA) is 98.1 Å². The predicted molar refractivity (Wildman–Crippen MR) is 157 cm³/mol. The van der Waals surface area contributed by atoms with Crippen LogP contribution in [-0.2, 0) is 22.6 Å². The van der Waals surface area contributed by atoms with Gasteiger partial charge in [0, 0.05) is 42.7 Å². The van der Waals surface area contributed by atoms with E-state index in [1.165, 1.54) is 12.5 Å². The van der Waals surface area contributed by atoms with Crippen molar-refractivity contribution in [1.29, 1.82) is 0 Å². The molecule has 6 rings (SSSR count). The number of hydrogen-bond donors (Lipinski definition) is 0. The molecule has 41 heavy (non-hydrogen) atoms. The van der Waals surface area contributed by atoms with E-state index in [-0.39, 0.29) is 35.5 Å².